The highest BCUT2D eigenvalue weighted by molar-refractivity contribution is 6.09. The largest absolute Gasteiger partial charge is 0.321 e. The van der Waals surface area contributed by atoms with Crippen LogP contribution in [0.5, 0.6) is 0 Å². The van der Waals surface area contributed by atoms with Crippen molar-refractivity contribution in [3.63, 3.8) is 0 Å². The van der Waals surface area contributed by atoms with Crippen LogP contribution in [0.4, 0.5) is 10.1 Å². The molecule has 1 N–H and O–H groups in total. The van der Waals surface area contributed by atoms with Crippen molar-refractivity contribution in [1.29, 1.82) is 0 Å². The van der Waals surface area contributed by atoms with E-state index in [2.05, 4.69) is 17.4 Å². The minimum atomic E-state index is -0.346. The molecule has 114 valence electrons. The Bertz CT molecular complexity index is 882. The Kier molecular flexibility index (Phi) is 3.34. The first-order chi connectivity index (χ1) is 11.2. The lowest BCUT2D eigenvalue weighted by Crippen LogP contribution is -2.12. The molecule has 0 atom stereocenters. The first-order valence-corrected chi connectivity index (χ1v) is 7.81. The van der Waals surface area contributed by atoms with Gasteiger partial charge in [-0.1, -0.05) is 30.3 Å². The van der Waals surface area contributed by atoms with Gasteiger partial charge >= 0.3 is 0 Å². The first kappa shape index (κ1) is 13.9. The van der Waals surface area contributed by atoms with E-state index < -0.39 is 0 Å². The number of hydrogen-bond donors (Lipinski definition) is 1. The van der Waals surface area contributed by atoms with Crippen LogP contribution < -0.4 is 5.32 Å². The summed E-state index contributed by atoms with van der Waals surface area (Å²) in [6.45, 7) is 0. The average Bonchev–Trinajstić information content (AvgIpc) is 3.40. The lowest BCUT2D eigenvalue weighted by atomic mass is 10.00. The Morgan fingerprint density at radius 2 is 1.61 bits per heavy atom. The minimum Gasteiger partial charge on any atom is -0.321 e. The minimum absolute atomic E-state index is 0.227. The summed E-state index contributed by atoms with van der Waals surface area (Å²) in [6.07, 6.45) is 2.48. The second kappa shape index (κ2) is 5.51. The van der Waals surface area contributed by atoms with Crippen LogP contribution in [-0.4, -0.2) is 5.91 Å². The molecule has 1 aliphatic rings. The molecule has 1 amide bonds. The van der Waals surface area contributed by atoms with Gasteiger partial charge in [0.15, 0.2) is 0 Å². The summed E-state index contributed by atoms with van der Waals surface area (Å²) in [5.74, 6) is 0.0804. The quantitative estimate of drug-likeness (QED) is 0.716. The summed E-state index contributed by atoms with van der Waals surface area (Å²) in [5.41, 5.74) is 2.60. The lowest BCUT2D eigenvalue weighted by molar-refractivity contribution is 0.102. The van der Waals surface area contributed by atoms with Crippen molar-refractivity contribution < 1.29 is 9.18 Å². The molecule has 0 aliphatic heterocycles. The fourth-order valence-corrected chi connectivity index (χ4v) is 2.99. The number of carbonyl (C=O) groups is 1. The zero-order valence-corrected chi connectivity index (χ0v) is 12.6. The highest BCUT2D eigenvalue weighted by atomic mass is 19.1. The van der Waals surface area contributed by atoms with Gasteiger partial charge in [0.2, 0.25) is 0 Å². The molecule has 1 aliphatic carbocycles. The number of amides is 1. The van der Waals surface area contributed by atoms with Gasteiger partial charge < -0.3 is 5.32 Å². The molecule has 2 nitrogen and oxygen atoms in total. The maximum Gasteiger partial charge on any atom is 0.255 e. The van der Waals surface area contributed by atoms with Crippen LogP contribution in [-0.2, 0) is 0 Å². The van der Waals surface area contributed by atoms with Gasteiger partial charge in [-0.25, -0.2) is 4.39 Å². The van der Waals surface area contributed by atoms with E-state index in [0.29, 0.717) is 11.5 Å². The van der Waals surface area contributed by atoms with Gasteiger partial charge in [0.25, 0.3) is 5.91 Å². The standard InChI is InChI=1S/C20H16FNO/c21-15-11-9-14(10-12-15)20(23)22-19-6-2-4-17-16(13-7-8-13)3-1-5-18(17)19/h1-6,9-13H,7-8H2,(H,22,23). The van der Waals surface area contributed by atoms with Crippen molar-refractivity contribution in [2.45, 2.75) is 18.8 Å². The monoisotopic (exact) mass is 305 g/mol. The number of rotatable bonds is 3. The van der Waals surface area contributed by atoms with Crippen LogP contribution in [0.2, 0.25) is 0 Å². The molecule has 1 saturated carbocycles. The molecule has 0 heterocycles. The molecular formula is C20H16FNO. The van der Waals surface area contributed by atoms with Gasteiger partial charge in [0.05, 0.1) is 0 Å². The number of hydrogen-bond acceptors (Lipinski definition) is 1. The molecule has 0 unspecified atom stereocenters. The summed E-state index contributed by atoms with van der Waals surface area (Å²) in [5, 5.41) is 5.20. The molecule has 1 fully saturated rings. The van der Waals surface area contributed by atoms with Gasteiger partial charge in [-0.2, -0.15) is 0 Å². The van der Waals surface area contributed by atoms with E-state index in [1.54, 1.807) is 0 Å². The van der Waals surface area contributed by atoms with Crippen molar-refractivity contribution in [2.75, 3.05) is 5.32 Å². The topological polar surface area (TPSA) is 29.1 Å². The molecule has 0 saturated heterocycles. The lowest BCUT2D eigenvalue weighted by Gasteiger charge is -2.11. The number of benzene rings is 3. The second-order valence-corrected chi connectivity index (χ2v) is 5.98. The summed E-state index contributed by atoms with van der Waals surface area (Å²) < 4.78 is 13.0. The fraction of sp³-hybridized carbons (Fsp3) is 0.150. The highest BCUT2D eigenvalue weighted by Crippen LogP contribution is 2.43. The zero-order valence-electron chi connectivity index (χ0n) is 12.6. The van der Waals surface area contributed by atoms with Gasteiger partial charge in [0.1, 0.15) is 5.82 Å². The third kappa shape index (κ3) is 2.70. The number of halogens is 1. The van der Waals surface area contributed by atoms with Crippen molar-refractivity contribution in [3.05, 3.63) is 77.6 Å². The average molecular weight is 305 g/mol. The van der Waals surface area contributed by atoms with Crippen molar-refractivity contribution in [2.24, 2.45) is 0 Å². The Hall–Kier alpha value is -2.68. The van der Waals surface area contributed by atoms with E-state index in [0.717, 1.165) is 11.1 Å². The normalized spacial score (nSPS) is 14.0. The van der Waals surface area contributed by atoms with Crippen LogP contribution >= 0.6 is 0 Å². The molecule has 3 heteroatoms. The summed E-state index contributed by atoms with van der Waals surface area (Å²) in [7, 11) is 0. The predicted molar refractivity (Wildman–Crippen MR) is 90.3 cm³/mol. The molecule has 0 aromatic heterocycles. The molecule has 0 spiro atoms. The van der Waals surface area contributed by atoms with E-state index >= 15 is 0 Å². The predicted octanol–water partition coefficient (Wildman–Crippen LogP) is 5.11. The van der Waals surface area contributed by atoms with Crippen molar-refractivity contribution in [1.82, 2.24) is 0 Å². The number of carbonyl (C=O) groups excluding carboxylic acids is 1. The maximum atomic E-state index is 13.0. The van der Waals surface area contributed by atoms with Crippen molar-refractivity contribution in [3.8, 4) is 0 Å². The Morgan fingerprint density at radius 3 is 2.35 bits per heavy atom. The smallest absolute Gasteiger partial charge is 0.255 e. The van der Waals surface area contributed by atoms with Crippen LogP contribution in [0.3, 0.4) is 0 Å². The number of anilines is 1. The van der Waals surface area contributed by atoms with E-state index in [1.165, 1.54) is 48.1 Å². The van der Waals surface area contributed by atoms with Gasteiger partial charge in [-0.15, -0.1) is 0 Å². The van der Waals surface area contributed by atoms with Crippen LogP contribution in [0.1, 0.15) is 34.7 Å². The van der Waals surface area contributed by atoms with E-state index in [-0.39, 0.29) is 11.7 Å². The zero-order chi connectivity index (χ0) is 15.8. The molecule has 4 rings (SSSR count). The number of nitrogens with one attached hydrogen (secondary N) is 1. The van der Waals surface area contributed by atoms with E-state index in [4.69, 9.17) is 0 Å². The summed E-state index contributed by atoms with van der Waals surface area (Å²) >= 11 is 0. The maximum absolute atomic E-state index is 13.0. The Balaban J connectivity index is 1.70. The van der Waals surface area contributed by atoms with Gasteiger partial charge in [0, 0.05) is 16.6 Å². The Morgan fingerprint density at radius 1 is 0.913 bits per heavy atom. The van der Waals surface area contributed by atoms with Crippen LogP contribution in [0.15, 0.2) is 60.7 Å². The van der Waals surface area contributed by atoms with Crippen LogP contribution in [0.25, 0.3) is 10.8 Å². The fourth-order valence-electron chi connectivity index (χ4n) is 2.99. The third-order valence-corrected chi connectivity index (χ3v) is 4.33. The Labute approximate surface area is 134 Å². The van der Waals surface area contributed by atoms with Gasteiger partial charge in [-0.05, 0) is 60.0 Å². The molecule has 0 radical (unpaired) electrons. The molecule has 0 bridgehead atoms. The van der Waals surface area contributed by atoms with E-state index in [9.17, 15) is 9.18 Å². The third-order valence-electron chi connectivity index (χ3n) is 4.33. The molecule has 3 aromatic rings. The second-order valence-electron chi connectivity index (χ2n) is 5.98. The highest BCUT2D eigenvalue weighted by Gasteiger charge is 2.25. The SMILES string of the molecule is O=C(Nc1cccc2c(C3CC3)cccc12)c1ccc(F)cc1. The van der Waals surface area contributed by atoms with Gasteiger partial charge in [-0.3, -0.25) is 4.79 Å². The summed E-state index contributed by atoms with van der Waals surface area (Å²) in [4.78, 5) is 12.4. The number of fused-ring (bicyclic) bond motifs is 1. The molecule has 3 aromatic carbocycles. The molecule has 23 heavy (non-hydrogen) atoms. The summed E-state index contributed by atoms with van der Waals surface area (Å²) in [6, 6.07) is 17.8. The first-order valence-electron chi connectivity index (χ1n) is 7.81. The van der Waals surface area contributed by atoms with E-state index in [1.807, 2.05) is 24.3 Å². The van der Waals surface area contributed by atoms with Crippen molar-refractivity contribution >= 4 is 22.4 Å². The van der Waals surface area contributed by atoms with Crippen LogP contribution in [0, 0.1) is 5.82 Å². The molecular weight excluding hydrogens is 289 g/mol.